The molecule has 1 aromatic heterocycles. The number of likely N-dealkylation sites (tertiary alicyclic amines) is 1. The third-order valence-electron chi connectivity index (χ3n) is 3.81. The van der Waals surface area contributed by atoms with Gasteiger partial charge in [0.05, 0.1) is 0 Å². The van der Waals surface area contributed by atoms with E-state index in [-0.39, 0.29) is 0 Å². The summed E-state index contributed by atoms with van der Waals surface area (Å²) in [5.74, 6) is 0.238. The minimum absolute atomic E-state index is 0.393. The van der Waals surface area contributed by atoms with Crippen LogP contribution in [0.1, 0.15) is 18.7 Å². The van der Waals surface area contributed by atoms with Gasteiger partial charge in [-0.2, -0.15) is 4.98 Å². The van der Waals surface area contributed by atoms with Crippen molar-refractivity contribution in [1.29, 1.82) is 0 Å². The molecule has 0 spiro atoms. The Bertz CT molecular complexity index is 674. The second kappa shape index (κ2) is 6.46. The number of rotatable bonds is 5. The Hall–Kier alpha value is -1.92. The van der Waals surface area contributed by atoms with Gasteiger partial charge in [0, 0.05) is 23.6 Å². The van der Waals surface area contributed by atoms with Crippen molar-refractivity contribution in [3.8, 4) is 11.4 Å². The van der Waals surface area contributed by atoms with Crippen molar-refractivity contribution in [2.24, 2.45) is 0 Å². The molecule has 1 atom stereocenters. The molecule has 1 fully saturated rings. The van der Waals surface area contributed by atoms with Crippen molar-refractivity contribution in [2.45, 2.75) is 25.3 Å². The van der Waals surface area contributed by atoms with Gasteiger partial charge in [-0.25, -0.2) is 0 Å². The van der Waals surface area contributed by atoms with E-state index < -0.39 is 12.0 Å². The van der Waals surface area contributed by atoms with Crippen LogP contribution in [0.3, 0.4) is 0 Å². The molecule has 2 heterocycles. The Balaban J connectivity index is 1.64. The first-order chi connectivity index (χ1) is 10.6. The lowest BCUT2D eigenvalue weighted by Crippen LogP contribution is -2.37. The van der Waals surface area contributed by atoms with E-state index in [4.69, 9.17) is 21.2 Å². The third kappa shape index (κ3) is 3.28. The monoisotopic (exact) mass is 321 g/mol. The molecule has 1 unspecified atom stereocenters. The van der Waals surface area contributed by atoms with E-state index in [2.05, 4.69) is 10.1 Å². The highest BCUT2D eigenvalue weighted by atomic mass is 35.5. The number of carboxylic acids is 1. The molecule has 0 bridgehead atoms. The van der Waals surface area contributed by atoms with Gasteiger partial charge in [0.2, 0.25) is 11.7 Å². The zero-order chi connectivity index (χ0) is 15.5. The summed E-state index contributed by atoms with van der Waals surface area (Å²) in [6, 6.07) is 6.86. The smallest absolute Gasteiger partial charge is 0.320 e. The number of carboxylic acid groups (broad SMARTS) is 1. The summed E-state index contributed by atoms with van der Waals surface area (Å²) in [7, 11) is 0. The number of aliphatic carboxylic acids is 1. The van der Waals surface area contributed by atoms with Crippen LogP contribution < -0.4 is 0 Å². The van der Waals surface area contributed by atoms with Crippen LogP contribution in [0.4, 0.5) is 0 Å². The number of benzene rings is 1. The molecular weight excluding hydrogens is 306 g/mol. The summed E-state index contributed by atoms with van der Waals surface area (Å²) in [6.45, 7) is 1.40. The number of aromatic nitrogens is 2. The highest BCUT2D eigenvalue weighted by molar-refractivity contribution is 6.30. The van der Waals surface area contributed by atoms with Gasteiger partial charge in [0.15, 0.2) is 0 Å². The van der Waals surface area contributed by atoms with Crippen molar-refractivity contribution >= 4 is 17.6 Å². The number of carbonyl (C=O) groups is 1. The maximum atomic E-state index is 11.1. The first-order valence-corrected chi connectivity index (χ1v) is 7.56. The molecule has 1 saturated heterocycles. The molecule has 1 aromatic carbocycles. The average molecular weight is 322 g/mol. The summed E-state index contributed by atoms with van der Waals surface area (Å²) in [5.41, 5.74) is 0.798. The van der Waals surface area contributed by atoms with Gasteiger partial charge < -0.3 is 9.63 Å². The van der Waals surface area contributed by atoms with E-state index in [9.17, 15) is 4.79 Å². The normalized spacial score (nSPS) is 18.7. The molecule has 1 aliphatic heterocycles. The molecule has 0 radical (unpaired) electrons. The van der Waals surface area contributed by atoms with Crippen molar-refractivity contribution in [1.82, 2.24) is 15.0 Å². The van der Waals surface area contributed by atoms with Crippen LogP contribution in [0.5, 0.6) is 0 Å². The van der Waals surface area contributed by atoms with Crippen molar-refractivity contribution in [3.05, 3.63) is 35.2 Å². The van der Waals surface area contributed by atoms with Crippen molar-refractivity contribution in [3.63, 3.8) is 0 Å². The van der Waals surface area contributed by atoms with Gasteiger partial charge in [0.1, 0.15) is 6.04 Å². The third-order valence-corrected chi connectivity index (χ3v) is 4.05. The summed E-state index contributed by atoms with van der Waals surface area (Å²) >= 11 is 5.95. The van der Waals surface area contributed by atoms with Crippen LogP contribution >= 0.6 is 11.6 Å². The van der Waals surface area contributed by atoms with Gasteiger partial charge in [-0.3, -0.25) is 9.69 Å². The minimum atomic E-state index is -0.761. The Kier molecular flexibility index (Phi) is 4.40. The Labute approximate surface area is 132 Å². The van der Waals surface area contributed by atoms with E-state index >= 15 is 0 Å². The molecule has 0 saturated carbocycles. The zero-order valence-corrected chi connectivity index (χ0v) is 12.7. The molecule has 3 rings (SSSR count). The van der Waals surface area contributed by atoms with Gasteiger partial charge in [-0.05, 0) is 31.5 Å². The Morgan fingerprint density at radius 2 is 2.36 bits per heavy atom. The van der Waals surface area contributed by atoms with Gasteiger partial charge in [-0.15, -0.1) is 0 Å². The van der Waals surface area contributed by atoms with Crippen LogP contribution in [-0.2, 0) is 11.2 Å². The second-order valence-electron chi connectivity index (χ2n) is 5.30. The van der Waals surface area contributed by atoms with Crippen molar-refractivity contribution < 1.29 is 14.4 Å². The zero-order valence-electron chi connectivity index (χ0n) is 11.9. The van der Waals surface area contributed by atoms with Gasteiger partial charge in [-0.1, -0.05) is 28.9 Å². The molecule has 6 nitrogen and oxygen atoms in total. The van der Waals surface area contributed by atoms with E-state index in [0.29, 0.717) is 36.1 Å². The fraction of sp³-hybridized carbons (Fsp3) is 0.400. The SMILES string of the molecule is O=C(O)C1CCCN1CCc1nc(-c2cccc(Cl)c2)no1. The van der Waals surface area contributed by atoms with E-state index in [1.807, 2.05) is 17.0 Å². The standard InChI is InChI=1S/C15H16ClN3O3/c16-11-4-1-3-10(9-11)14-17-13(22-18-14)6-8-19-7-2-5-12(19)15(20)21/h1,3-4,9,12H,2,5-8H2,(H,20,21). The summed E-state index contributed by atoms with van der Waals surface area (Å²) in [6.07, 6.45) is 2.15. The molecule has 22 heavy (non-hydrogen) atoms. The summed E-state index contributed by atoms with van der Waals surface area (Å²) in [4.78, 5) is 17.4. The fourth-order valence-electron chi connectivity index (χ4n) is 2.71. The molecule has 1 aliphatic rings. The Morgan fingerprint density at radius 1 is 1.50 bits per heavy atom. The molecule has 1 N–H and O–H groups in total. The average Bonchev–Trinajstić information content (AvgIpc) is 3.14. The van der Waals surface area contributed by atoms with Crippen LogP contribution in [0.25, 0.3) is 11.4 Å². The minimum Gasteiger partial charge on any atom is -0.480 e. The quantitative estimate of drug-likeness (QED) is 0.911. The van der Waals surface area contributed by atoms with Crippen LogP contribution in [0.15, 0.2) is 28.8 Å². The van der Waals surface area contributed by atoms with E-state index in [1.165, 1.54) is 0 Å². The van der Waals surface area contributed by atoms with Crippen LogP contribution in [0.2, 0.25) is 5.02 Å². The first-order valence-electron chi connectivity index (χ1n) is 7.19. The van der Waals surface area contributed by atoms with Crippen LogP contribution in [-0.4, -0.2) is 45.2 Å². The van der Waals surface area contributed by atoms with E-state index in [0.717, 1.165) is 18.5 Å². The molecule has 2 aromatic rings. The number of hydrogen-bond acceptors (Lipinski definition) is 5. The van der Waals surface area contributed by atoms with Crippen LogP contribution in [0, 0.1) is 0 Å². The molecule has 7 heteroatoms. The highest BCUT2D eigenvalue weighted by Crippen LogP contribution is 2.21. The van der Waals surface area contributed by atoms with Gasteiger partial charge in [0.25, 0.3) is 0 Å². The summed E-state index contributed by atoms with van der Waals surface area (Å²) < 4.78 is 5.24. The predicted octanol–water partition coefficient (Wildman–Crippen LogP) is 2.48. The lowest BCUT2D eigenvalue weighted by molar-refractivity contribution is -0.142. The largest absolute Gasteiger partial charge is 0.480 e. The molecule has 0 aliphatic carbocycles. The lowest BCUT2D eigenvalue weighted by Gasteiger charge is -2.19. The summed E-state index contributed by atoms with van der Waals surface area (Å²) in [5, 5.41) is 13.7. The number of halogens is 1. The number of nitrogens with zero attached hydrogens (tertiary/aromatic N) is 3. The topological polar surface area (TPSA) is 79.5 Å². The first kappa shape index (κ1) is 15.0. The lowest BCUT2D eigenvalue weighted by atomic mass is 10.2. The molecule has 116 valence electrons. The maximum Gasteiger partial charge on any atom is 0.320 e. The van der Waals surface area contributed by atoms with E-state index in [1.54, 1.807) is 12.1 Å². The molecule has 0 amide bonds. The fourth-order valence-corrected chi connectivity index (χ4v) is 2.90. The predicted molar refractivity (Wildman–Crippen MR) is 80.7 cm³/mol. The maximum absolute atomic E-state index is 11.1. The molecular formula is C15H16ClN3O3. The number of hydrogen-bond donors (Lipinski definition) is 1. The highest BCUT2D eigenvalue weighted by Gasteiger charge is 2.30. The van der Waals surface area contributed by atoms with Gasteiger partial charge >= 0.3 is 5.97 Å². The Morgan fingerprint density at radius 3 is 3.14 bits per heavy atom. The van der Waals surface area contributed by atoms with Crippen molar-refractivity contribution in [2.75, 3.05) is 13.1 Å². The second-order valence-corrected chi connectivity index (χ2v) is 5.74.